The monoisotopic (exact) mass is 358 g/mol. The predicted molar refractivity (Wildman–Crippen MR) is 86.4 cm³/mol. The molecule has 126 valence electrons. The van der Waals surface area contributed by atoms with Crippen LogP contribution in [0.25, 0.3) is 0 Å². The normalized spacial score (nSPS) is 31.6. The number of halogens is 1. The molecule has 1 aromatic rings. The zero-order chi connectivity index (χ0) is 17.0. The van der Waals surface area contributed by atoms with Crippen molar-refractivity contribution in [2.45, 2.75) is 44.5 Å². The van der Waals surface area contributed by atoms with E-state index in [1.165, 1.54) is 0 Å². The molecule has 0 bridgehead atoms. The quantitative estimate of drug-likeness (QED) is 0.756. The van der Waals surface area contributed by atoms with E-state index in [-0.39, 0.29) is 4.91 Å². The Labute approximate surface area is 141 Å². The van der Waals surface area contributed by atoms with E-state index in [0.29, 0.717) is 17.2 Å². The van der Waals surface area contributed by atoms with Crippen molar-refractivity contribution in [3.8, 4) is 0 Å². The van der Waals surface area contributed by atoms with Gasteiger partial charge in [0.1, 0.15) is 10.5 Å². The molecule has 0 aromatic heterocycles. The minimum Gasteiger partial charge on any atom is -0.463 e. The lowest BCUT2D eigenvalue weighted by molar-refractivity contribution is -0.209. The van der Waals surface area contributed by atoms with Crippen LogP contribution in [0.2, 0.25) is 5.02 Å². The highest BCUT2D eigenvalue weighted by Crippen LogP contribution is 2.52. The third-order valence-electron chi connectivity index (χ3n) is 4.27. The molecule has 0 amide bonds. The summed E-state index contributed by atoms with van der Waals surface area (Å²) in [6.45, 7) is 5.14. The lowest BCUT2D eigenvalue weighted by Gasteiger charge is -2.39. The fourth-order valence-electron chi connectivity index (χ4n) is 3.08. The zero-order valence-electron chi connectivity index (χ0n) is 13.4. The minimum atomic E-state index is -3.85. The van der Waals surface area contributed by atoms with Crippen molar-refractivity contribution in [3.05, 3.63) is 45.5 Å². The molecule has 0 saturated carbocycles. The smallest absolute Gasteiger partial charge is 0.298 e. The van der Waals surface area contributed by atoms with E-state index >= 15 is 0 Å². The minimum absolute atomic E-state index is 0.180. The van der Waals surface area contributed by atoms with Crippen molar-refractivity contribution in [3.63, 3.8) is 0 Å². The van der Waals surface area contributed by atoms with Crippen LogP contribution in [0.15, 0.2) is 34.9 Å². The maximum Gasteiger partial charge on any atom is 0.298 e. The second-order valence-electron chi connectivity index (χ2n) is 6.49. The van der Waals surface area contributed by atoms with Crippen LogP contribution in [0.3, 0.4) is 0 Å². The Morgan fingerprint density at radius 1 is 1.22 bits per heavy atom. The van der Waals surface area contributed by atoms with Gasteiger partial charge in [0.25, 0.3) is 10.1 Å². The second kappa shape index (κ2) is 5.21. The van der Waals surface area contributed by atoms with E-state index in [2.05, 4.69) is 0 Å². The van der Waals surface area contributed by atoms with Gasteiger partial charge in [0, 0.05) is 31.4 Å². The number of hydrogen-bond acceptors (Lipinski definition) is 5. The van der Waals surface area contributed by atoms with Crippen LogP contribution in [0, 0.1) is 0 Å². The molecule has 7 heteroatoms. The highest BCUT2D eigenvalue weighted by Gasteiger charge is 2.55. The van der Waals surface area contributed by atoms with Crippen LogP contribution < -0.4 is 0 Å². The third-order valence-corrected chi connectivity index (χ3v) is 6.17. The summed E-state index contributed by atoms with van der Waals surface area (Å²) in [5, 5.41) is 0.593. The standard InChI is InChI=1S/C16H19ClO5S/c1-15(2)14-13(23(18,19)22-15)12(9-16(3,20-4)21-14)10-5-7-11(17)8-6-10/h5-8,12H,9H2,1-4H3. The van der Waals surface area contributed by atoms with Crippen LogP contribution in [-0.2, 0) is 23.8 Å². The molecule has 0 aliphatic carbocycles. The molecule has 2 aliphatic heterocycles. The first-order valence-electron chi connectivity index (χ1n) is 7.28. The zero-order valence-corrected chi connectivity index (χ0v) is 15.0. The molecule has 0 N–H and O–H groups in total. The maximum atomic E-state index is 12.5. The summed E-state index contributed by atoms with van der Waals surface area (Å²) in [5.74, 6) is -1.02. The Bertz CT molecular complexity index is 766. The van der Waals surface area contributed by atoms with Crippen molar-refractivity contribution in [1.29, 1.82) is 0 Å². The summed E-state index contributed by atoms with van der Waals surface area (Å²) < 4.78 is 41.7. The Morgan fingerprint density at radius 2 is 1.83 bits per heavy atom. The largest absolute Gasteiger partial charge is 0.463 e. The molecular formula is C16H19ClO5S. The van der Waals surface area contributed by atoms with Crippen LogP contribution in [-0.4, -0.2) is 26.9 Å². The lowest BCUT2D eigenvalue weighted by Crippen LogP contribution is -2.40. The molecule has 3 rings (SSSR count). The topological polar surface area (TPSA) is 61.8 Å². The van der Waals surface area contributed by atoms with Gasteiger partial charge in [-0.2, -0.15) is 8.42 Å². The lowest BCUT2D eigenvalue weighted by atomic mass is 9.86. The van der Waals surface area contributed by atoms with Crippen molar-refractivity contribution in [2.75, 3.05) is 7.11 Å². The predicted octanol–water partition coefficient (Wildman–Crippen LogP) is 3.56. The van der Waals surface area contributed by atoms with Crippen molar-refractivity contribution in [2.24, 2.45) is 0 Å². The number of ether oxygens (including phenoxy) is 2. The van der Waals surface area contributed by atoms with Crippen LogP contribution in [0.1, 0.15) is 38.7 Å². The molecule has 1 aromatic carbocycles. The fourth-order valence-corrected chi connectivity index (χ4v) is 5.01. The van der Waals surface area contributed by atoms with E-state index in [1.807, 2.05) is 12.1 Å². The molecule has 0 spiro atoms. The van der Waals surface area contributed by atoms with Crippen LogP contribution in [0.5, 0.6) is 0 Å². The van der Waals surface area contributed by atoms with Gasteiger partial charge in [-0.1, -0.05) is 23.7 Å². The van der Waals surface area contributed by atoms with Gasteiger partial charge in [-0.25, -0.2) is 0 Å². The Kier molecular flexibility index (Phi) is 3.80. The van der Waals surface area contributed by atoms with Crippen LogP contribution in [0.4, 0.5) is 0 Å². The summed E-state index contributed by atoms with van der Waals surface area (Å²) in [4.78, 5) is 0.180. The molecule has 2 aliphatic rings. The van der Waals surface area contributed by atoms with Gasteiger partial charge in [-0.15, -0.1) is 0 Å². The first kappa shape index (κ1) is 16.8. The first-order valence-corrected chi connectivity index (χ1v) is 9.06. The molecule has 0 saturated heterocycles. The third kappa shape index (κ3) is 2.78. The van der Waals surface area contributed by atoms with E-state index < -0.39 is 27.4 Å². The molecule has 0 radical (unpaired) electrons. The highest BCUT2D eigenvalue weighted by atomic mass is 35.5. The van der Waals surface area contributed by atoms with E-state index in [1.54, 1.807) is 40.0 Å². The van der Waals surface area contributed by atoms with Crippen molar-refractivity contribution < 1.29 is 22.1 Å². The molecular weight excluding hydrogens is 340 g/mol. The summed E-state index contributed by atoms with van der Waals surface area (Å²) in [5.41, 5.74) is -0.225. The van der Waals surface area contributed by atoms with Gasteiger partial charge in [-0.3, -0.25) is 4.18 Å². The van der Waals surface area contributed by atoms with E-state index in [9.17, 15) is 8.42 Å². The molecule has 5 nitrogen and oxygen atoms in total. The van der Waals surface area contributed by atoms with Gasteiger partial charge >= 0.3 is 0 Å². The number of allylic oxidation sites excluding steroid dienone is 1. The Morgan fingerprint density at radius 3 is 2.39 bits per heavy atom. The number of benzene rings is 1. The first-order chi connectivity index (χ1) is 10.6. The van der Waals surface area contributed by atoms with Gasteiger partial charge in [-0.05, 0) is 31.5 Å². The highest BCUT2D eigenvalue weighted by molar-refractivity contribution is 7.91. The van der Waals surface area contributed by atoms with Gasteiger partial charge < -0.3 is 9.47 Å². The van der Waals surface area contributed by atoms with Gasteiger partial charge in [0.05, 0.1) is 0 Å². The average molecular weight is 359 g/mol. The average Bonchev–Trinajstić information content (AvgIpc) is 2.64. The van der Waals surface area contributed by atoms with Gasteiger partial charge in [0.2, 0.25) is 5.79 Å². The second-order valence-corrected chi connectivity index (χ2v) is 8.44. The summed E-state index contributed by atoms with van der Waals surface area (Å²) >= 11 is 5.94. The SMILES string of the molecule is COC1(C)CC(c2ccc(Cl)cc2)C2=C(O1)C(C)(C)OS2(=O)=O. The van der Waals surface area contributed by atoms with Crippen molar-refractivity contribution >= 4 is 21.7 Å². The van der Waals surface area contributed by atoms with Crippen molar-refractivity contribution in [1.82, 2.24) is 0 Å². The van der Waals surface area contributed by atoms with E-state index in [0.717, 1.165) is 5.56 Å². The Hall–Kier alpha value is -1.08. The Balaban J connectivity index is 2.20. The van der Waals surface area contributed by atoms with Gasteiger partial charge in [0.15, 0.2) is 5.76 Å². The maximum absolute atomic E-state index is 12.5. The number of hydrogen-bond donors (Lipinski definition) is 0. The summed E-state index contributed by atoms with van der Waals surface area (Å²) in [6, 6.07) is 7.12. The van der Waals surface area contributed by atoms with E-state index in [4.69, 9.17) is 25.3 Å². The molecule has 2 unspecified atom stereocenters. The summed E-state index contributed by atoms with van der Waals surface area (Å²) in [7, 11) is -2.31. The fraction of sp³-hybridized carbons (Fsp3) is 0.500. The summed E-state index contributed by atoms with van der Waals surface area (Å²) in [6.07, 6.45) is 0.364. The number of methoxy groups -OCH3 is 1. The molecule has 2 heterocycles. The number of rotatable bonds is 2. The molecule has 23 heavy (non-hydrogen) atoms. The molecule has 0 fully saturated rings. The van der Waals surface area contributed by atoms with Crippen LogP contribution >= 0.6 is 11.6 Å². The molecule has 2 atom stereocenters.